The summed E-state index contributed by atoms with van der Waals surface area (Å²) in [5.41, 5.74) is 2.11. The van der Waals surface area contributed by atoms with E-state index in [0.717, 1.165) is 17.0 Å². The number of nitrogens with zero attached hydrogens (tertiary/aromatic N) is 1. The standard InChI is InChI=1S/C19H18N2O3/c1-24-16-9-7-15(8-10-16)20-17-13-18(22)21(19(17)23)12-11-14-5-3-2-4-6-14/h2-10,13,20H,11-12H2,1H3. The van der Waals surface area contributed by atoms with Gasteiger partial charge in [0.15, 0.2) is 0 Å². The second kappa shape index (κ2) is 7.00. The van der Waals surface area contributed by atoms with Gasteiger partial charge in [-0.2, -0.15) is 0 Å². The van der Waals surface area contributed by atoms with E-state index in [2.05, 4.69) is 5.32 Å². The molecule has 122 valence electrons. The van der Waals surface area contributed by atoms with E-state index < -0.39 is 0 Å². The molecule has 0 saturated carbocycles. The molecule has 0 fully saturated rings. The average Bonchev–Trinajstić information content (AvgIpc) is 2.88. The first-order chi connectivity index (χ1) is 11.7. The highest BCUT2D eigenvalue weighted by Gasteiger charge is 2.30. The highest BCUT2D eigenvalue weighted by molar-refractivity contribution is 6.17. The van der Waals surface area contributed by atoms with Crippen molar-refractivity contribution in [3.8, 4) is 5.75 Å². The van der Waals surface area contributed by atoms with Crippen LogP contribution in [0.25, 0.3) is 0 Å². The first-order valence-corrected chi connectivity index (χ1v) is 7.70. The highest BCUT2D eigenvalue weighted by atomic mass is 16.5. The lowest BCUT2D eigenvalue weighted by Crippen LogP contribution is -2.33. The van der Waals surface area contributed by atoms with Gasteiger partial charge in [0.05, 0.1) is 7.11 Å². The van der Waals surface area contributed by atoms with E-state index in [0.29, 0.717) is 18.7 Å². The fraction of sp³-hybridized carbons (Fsp3) is 0.158. The number of carbonyl (C=O) groups is 2. The molecule has 24 heavy (non-hydrogen) atoms. The van der Waals surface area contributed by atoms with E-state index in [9.17, 15) is 9.59 Å². The molecule has 1 heterocycles. The van der Waals surface area contributed by atoms with Crippen LogP contribution in [0.2, 0.25) is 0 Å². The largest absolute Gasteiger partial charge is 0.497 e. The van der Waals surface area contributed by atoms with Gasteiger partial charge in [-0.15, -0.1) is 0 Å². The molecule has 0 bridgehead atoms. The zero-order valence-corrected chi connectivity index (χ0v) is 13.4. The van der Waals surface area contributed by atoms with Gasteiger partial charge in [0.25, 0.3) is 11.8 Å². The number of carbonyl (C=O) groups excluding carboxylic acids is 2. The van der Waals surface area contributed by atoms with E-state index in [-0.39, 0.29) is 11.8 Å². The Morgan fingerprint density at radius 1 is 1.00 bits per heavy atom. The summed E-state index contributed by atoms with van der Waals surface area (Å²) in [5.74, 6) is 0.145. The monoisotopic (exact) mass is 322 g/mol. The Bertz CT molecular complexity index is 767. The Hall–Kier alpha value is -3.08. The van der Waals surface area contributed by atoms with Crippen LogP contribution in [0.15, 0.2) is 66.4 Å². The maximum Gasteiger partial charge on any atom is 0.277 e. The molecule has 0 unspecified atom stereocenters. The molecule has 0 radical (unpaired) electrons. The second-order valence-electron chi connectivity index (χ2n) is 5.44. The molecule has 5 nitrogen and oxygen atoms in total. The summed E-state index contributed by atoms with van der Waals surface area (Å²) in [4.78, 5) is 25.8. The van der Waals surface area contributed by atoms with Crippen molar-refractivity contribution in [2.75, 3.05) is 19.0 Å². The van der Waals surface area contributed by atoms with Crippen LogP contribution in [0, 0.1) is 0 Å². The zero-order valence-electron chi connectivity index (χ0n) is 13.4. The van der Waals surface area contributed by atoms with E-state index in [4.69, 9.17) is 4.74 Å². The lowest BCUT2D eigenvalue weighted by Gasteiger charge is -2.15. The lowest BCUT2D eigenvalue weighted by molar-refractivity contribution is -0.137. The van der Waals surface area contributed by atoms with Crippen molar-refractivity contribution in [3.63, 3.8) is 0 Å². The fourth-order valence-electron chi connectivity index (χ4n) is 2.53. The topological polar surface area (TPSA) is 58.6 Å². The van der Waals surface area contributed by atoms with Gasteiger partial charge in [0.1, 0.15) is 11.4 Å². The predicted molar refractivity (Wildman–Crippen MR) is 91.6 cm³/mol. The van der Waals surface area contributed by atoms with Crippen molar-refractivity contribution in [1.82, 2.24) is 4.90 Å². The summed E-state index contributed by atoms with van der Waals surface area (Å²) >= 11 is 0. The molecule has 0 aromatic heterocycles. The summed E-state index contributed by atoms with van der Waals surface area (Å²) in [5, 5.41) is 2.99. The summed E-state index contributed by atoms with van der Waals surface area (Å²) in [6.45, 7) is 0.367. The number of imide groups is 1. The van der Waals surface area contributed by atoms with Crippen molar-refractivity contribution in [3.05, 3.63) is 71.9 Å². The normalized spacial score (nSPS) is 13.9. The van der Waals surface area contributed by atoms with Gasteiger partial charge in [-0.1, -0.05) is 30.3 Å². The molecule has 0 saturated heterocycles. The van der Waals surface area contributed by atoms with Gasteiger partial charge in [-0.05, 0) is 36.2 Å². The Morgan fingerprint density at radius 2 is 1.71 bits per heavy atom. The van der Waals surface area contributed by atoms with Gasteiger partial charge in [0, 0.05) is 18.3 Å². The van der Waals surface area contributed by atoms with Crippen LogP contribution < -0.4 is 10.1 Å². The third-order valence-electron chi connectivity index (χ3n) is 3.85. The lowest BCUT2D eigenvalue weighted by atomic mass is 10.1. The minimum Gasteiger partial charge on any atom is -0.497 e. The van der Waals surface area contributed by atoms with Crippen molar-refractivity contribution in [2.24, 2.45) is 0 Å². The van der Waals surface area contributed by atoms with Crippen LogP contribution in [0.1, 0.15) is 5.56 Å². The van der Waals surface area contributed by atoms with Crippen LogP contribution >= 0.6 is 0 Å². The van der Waals surface area contributed by atoms with Crippen molar-refractivity contribution < 1.29 is 14.3 Å². The van der Waals surface area contributed by atoms with Gasteiger partial charge in [-0.3, -0.25) is 14.5 Å². The quantitative estimate of drug-likeness (QED) is 0.831. The Labute approximate surface area is 140 Å². The number of hydrogen-bond acceptors (Lipinski definition) is 4. The average molecular weight is 322 g/mol. The molecule has 1 aliphatic heterocycles. The number of amides is 2. The van der Waals surface area contributed by atoms with E-state index in [1.807, 2.05) is 30.3 Å². The molecule has 2 amide bonds. The number of methoxy groups -OCH3 is 1. The van der Waals surface area contributed by atoms with Crippen LogP contribution in [0.5, 0.6) is 5.75 Å². The molecule has 0 aliphatic carbocycles. The number of hydrogen-bond donors (Lipinski definition) is 1. The Kier molecular flexibility index (Phi) is 4.61. The summed E-state index contributed by atoms with van der Waals surface area (Å²) < 4.78 is 5.10. The number of nitrogens with one attached hydrogen (secondary N) is 1. The van der Waals surface area contributed by atoms with Crippen molar-refractivity contribution in [1.29, 1.82) is 0 Å². The Morgan fingerprint density at radius 3 is 2.38 bits per heavy atom. The van der Waals surface area contributed by atoms with Crippen LogP contribution in [0.3, 0.4) is 0 Å². The summed E-state index contributed by atoms with van der Waals surface area (Å²) in [6, 6.07) is 17.0. The molecular weight excluding hydrogens is 304 g/mol. The number of benzene rings is 2. The van der Waals surface area contributed by atoms with Gasteiger partial charge in [-0.25, -0.2) is 0 Å². The predicted octanol–water partition coefficient (Wildman–Crippen LogP) is 2.60. The SMILES string of the molecule is COc1ccc(NC2=CC(=O)N(CCc3ccccc3)C2=O)cc1. The van der Waals surface area contributed by atoms with Gasteiger partial charge < -0.3 is 10.1 Å². The third-order valence-corrected chi connectivity index (χ3v) is 3.85. The fourth-order valence-corrected chi connectivity index (χ4v) is 2.53. The first kappa shape index (κ1) is 15.8. The van der Waals surface area contributed by atoms with E-state index in [1.165, 1.54) is 11.0 Å². The smallest absolute Gasteiger partial charge is 0.277 e. The molecule has 1 aliphatic rings. The molecule has 3 rings (SSSR count). The molecule has 1 N–H and O–H groups in total. The van der Waals surface area contributed by atoms with Crippen LogP contribution in [-0.4, -0.2) is 30.4 Å². The molecule has 5 heteroatoms. The molecule has 0 atom stereocenters. The summed E-state index contributed by atoms with van der Waals surface area (Å²) in [6.07, 6.45) is 1.99. The summed E-state index contributed by atoms with van der Waals surface area (Å²) in [7, 11) is 1.59. The van der Waals surface area contributed by atoms with Crippen LogP contribution in [0.4, 0.5) is 5.69 Å². The Balaban J connectivity index is 1.63. The maximum absolute atomic E-state index is 12.4. The minimum atomic E-state index is -0.299. The number of anilines is 1. The minimum absolute atomic E-state index is 0.285. The first-order valence-electron chi connectivity index (χ1n) is 7.70. The molecular formula is C19H18N2O3. The molecule has 2 aromatic rings. The van der Waals surface area contributed by atoms with E-state index in [1.54, 1.807) is 31.4 Å². The highest BCUT2D eigenvalue weighted by Crippen LogP contribution is 2.20. The third kappa shape index (κ3) is 3.46. The second-order valence-corrected chi connectivity index (χ2v) is 5.44. The number of ether oxygens (including phenoxy) is 1. The van der Waals surface area contributed by atoms with Crippen LogP contribution in [-0.2, 0) is 16.0 Å². The maximum atomic E-state index is 12.4. The van der Waals surface area contributed by atoms with Crippen molar-refractivity contribution in [2.45, 2.75) is 6.42 Å². The van der Waals surface area contributed by atoms with Gasteiger partial charge in [0.2, 0.25) is 0 Å². The van der Waals surface area contributed by atoms with Gasteiger partial charge >= 0.3 is 0 Å². The van der Waals surface area contributed by atoms with E-state index >= 15 is 0 Å². The van der Waals surface area contributed by atoms with Crippen molar-refractivity contribution >= 4 is 17.5 Å². The zero-order chi connectivity index (χ0) is 16.9. The molecule has 2 aromatic carbocycles. The number of rotatable bonds is 6. The molecule has 0 spiro atoms.